The van der Waals surface area contributed by atoms with E-state index in [2.05, 4.69) is 32.6 Å². The Kier molecular flexibility index (Phi) is 5.48. The molecule has 0 saturated carbocycles. The molecule has 0 radical (unpaired) electrons. The summed E-state index contributed by atoms with van der Waals surface area (Å²) >= 11 is 1.39. The van der Waals surface area contributed by atoms with Crippen LogP contribution in [0.15, 0.2) is 75.8 Å². The van der Waals surface area contributed by atoms with Gasteiger partial charge in [-0.3, -0.25) is 14.8 Å². The summed E-state index contributed by atoms with van der Waals surface area (Å²) < 4.78 is 10.6. The van der Waals surface area contributed by atoms with Crippen molar-refractivity contribution in [1.82, 2.24) is 14.3 Å². The van der Waals surface area contributed by atoms with Crippen LogP contribution in [-0.2, 0) is 0 Å². The second-order valence-electron chi connectivity index (χ2n) is 8.04. The van der Waals surface area contributed by atoms with E-state index in [1.54, 1.807) is 25.5 Å². The van der Waals surface area contributed by atoms with E-state index in [9.17, 15) is 4.79 Å². The van der Waals surface area contributed by atoms with E-state index in [1.165, 1.54) is 11.5 Å². The Hall–Kier alpha value is -3.84. The number of fused-ring (bicyclic) bond motifs is 1. The molecule has 1 N–H and O–H groups in total. The first-order valence-corrected chi connectivity index (χ1v) is 11.5. The van der Waals surface area contributed by atoms with E-state index >= 15 is 0 Å². The highest BCUT2D eigenvalue weighted by Gasteiger charge is 2.20. The van der Waals surface area contributed by atoms with Gasteiger partial charge in [0.1, 0.15) is 11.3 Å². The Morgan fingerprint density at radius 2 is 1.91 bits per heavy atom. The molecule has 0 saturated heterocycles. The molecule has 0 aliphatic rings. The zero-order valence-electron chi connectivity index (χ0n) is 18.5. The van der Waals surface area contributed by atoms with Gasteiger partial charge in [0.25, 0.3) is 0 Å². The molecule has 7 heteroatoms. The number of hydrogen-bond acceptors (Lipinski definition) is 7. The van der Waals surface area contributed by atoms with Crippen LogP contribution < -0.4 is 10.7 Å². The maximum atomic E-state index is 13.3. The van der Waals surface area contributed by atoms with E-state index in [4.69, 9.17) is 4.42 Å². The van der Waals surface area contributed by atoms with Gasteiger partial charge in [-0.25, -0.2) is 4.37 Å². The van der Waals surface area contributed by atoms with Crippen LogP contribution in [0.5, 0.6) is 0 Å². The van der Waals surface area contributed by atoms with Gasteiger partial charge in [0.15, 0.2) is 5.43 Å². The SMILES string of the molecule is Cc1cc(C(C)Nc2cccnc2-c2cnsc2)c2oc(-c3cccnc3)c(C)c(=O)c2c1. The first-order valence-electron chi connectivity index (χ1n) is 10.6. The summed E-state index contributed by atoms with van der Waals surface area (Å²) in [4.78, 5) is 22.0. The topological polar surface area (TPSA) is 80.9 Å². The quantitative estimate of drug-likeness (QED) is 0.342. The van der Waals surface area contributed by atoms with Gasteiger partial charge in [0.05, 0.1) is 29.0 Å². The minimum Gasteiger partial charge on any atom is -0.455 e. The molecule has 0 spiro atoms. The van der Waals surface area contributed by atoms with Gasteiger partial charge in [0, 0.05) is 46.2 Å². The van der Waals surface area contributed by atoms with Crippen LogP contribution >= 0.6 is 11.5 Å². The van der Waals surface area contributed by atoms with E-state index in [0.717, 1.165) is 33.6 Å². The summed E-state index contributed by atoms with van der Waals surface area (Å²) in [6.07, 6.45) is 7.00. The Balaban J connectivity index is 1.64. The van der Waals surface area contributed by atoms with Gasteiger partial charge >= 0.3 is 0 Å². The smallest absolute Gasteiger partial charge is 0.196 e. The first-order chi connectivity index (χ1) is 16.0. The van der Waals surface area contributed by atoms with Crippen molar-refractivity contribution in [3.05, 3.63) is 93.5 Å². The number of nitrogens with zero attached hydrogens (tertiary/aromatic N) is 3. The lowest BCUT2D eigenvalue weighted by Gasteiger charge is -2.20. The fraction of sp³-hybridized carbons (Fsp3) is 0.154. The van der Waals surface area contributed by atoms with Crippen LogP contribution in [0.3, 0.4) is 0 Å². The molecule has 6 nitrogen and oxygen atoms in total. The molecule has 33 heavy (non-hydrogen) atoms. The molecule has 0 amide bonds. The molecule has 1 atom stereocenters. The fourth-order valence-electron chi connectivity index (χ4n) is 4.05. The van der Waals surface area contributed by atoms with E-state index < -0.39 is 0 Å². The predicted molar refractivity (Wildman–Crippen MR) is 133 cm³/mol. The molecule has 0 aliphatic heterocycles. The first kappa shape index (κ1) is 21.0. The average Bonchev–Trinajstić information content (AvgIpc) is 3.37. The highest BCUT2D eigenvalue weighted by molar-refractivity contribution is 7.03. The van der Waals surface area contributed by atoms with Crippen molar-refractivity contribution in [3.63, 3.8) is 0 Å². The Morgan fingerprint density at radius 1 is 1.06 bits per heavy atom. The van der Waals surface area contributed by atoms with Crippen molar-refractivity contribution >= 4 is 28.2 Å². The van der Waals surface area contributed by atoms with Crippen LogP contribution in [0.25, 0.3) is 33.6 Å². The number of aromatic nitrogens is 3. The summed E-state index contributed by atoms with van der Waals surface area (Å²) in [7, 11) is 0. The average molecular weight is 455 g/mol. The number of anilines is 1. The molecular formula is C26H22N4O2S. The van der Waals surface area contributed by atoms with Crippen LogP contribution in [0.1, 0.15) is 29.7 Å². The maximum Gasteiger partial charge on any atom is 0.196 e. The third-order valence-corrected chi connectivity index (χ3v) is 6.25. The third kappa shape index (κ3) is 3.91. The molecule has 1 aromatic carbocycles. The molecule has 164 valence electrons. The molecule has 0 fully saturated rings. The Bertz CT molecular complexity index is 1490. The van der Waals surface area contributed by atoms with Crippen molar-refractivity contribution in [2.24, 2.45) is 0 Å². The van der Waals surface area contributed by atoms with E-state index in [1.807, 2.05) is 48.8 Å². The molecule has 5 rings (SSSR count). The zero-order valence-corrected chi connectivity index (χ0v) is 19.3. The van der Waals surface area contributed by atoms with E-state index in [-0.39, 0.29) is 11.5 Å². The van der Waals surface area contributed by atoms with Gasteiger partial charge < -0.3 is 9.73 Å². The summed E-state index contributed by atoms with van der Waals surface area (Å²) in [5.41, 5.74) is 6.51. The second-order valence-corrected chi connectivity index (χ2v) is 8.69. The minimum atomic E-state index is -0.144. The maximum absolute atomic E-state index is 13.3. The van der Waals surface area contributed by atoms with Crippen molar-refractivity contribution in [2.45, 2.75) is 26.8 Å². The van der Waals surface area contributed by atoms with Gasteiger partial charge in [-0.15, -0.1) is 0 Å². The normalized spacial score (nSPS) is 12.1. The van der Waals surface area contributed by atoms with Crippen LogP contribution in [0.4, 0.5) is 5.69 Å². The monoisotopic (exact) mass is 454 g/mol. The Labute approximate surface area is 195 Å². The van der Waals surface area contributed by atoms with E-state index in [0.29, 0.717) is 22.3 Å². The number of benzene rings is 1. The number of pyridine rings is 2. The molecule has 4 heterocycles. The standard InChI is InChI=1S/C26H22N4O2S/c1-15-10-20(17(3)30-22-7-5-9-28-23(22)19-13-29-33-14-19)26-21(11-15)24(31)16(2)25(32-26)18-6-4-8-27-12-18/h4-14,17,30H,1-3H3. The van der Waals surface area contributed by atoms with Crippen molar-refractivity contribution in [3.8, 4) is 22.6 Å². The summed E-state index contributed by atoms with van der Waals surface area (Å²) in [6.45, 7) is 5.85. The molecule has 0 bridgehead atoms. The Morgan fingerprint density at radius 3 is 2.67 bits per heavy atom. The number of nitrogens with one attached hydrogen (secondary N) is 1. The highest BCUT2D eigenvalue weighted by Crippen LogP contribution is 2.34. The van der Waals surface area contributed by atoms with Crippen molar-refractivity contribution in [2.75, 3.05) is 5.32 Å². The zero-order chi connectivity index (χ0) is 22.9. The lowest BCUT2D eigenvalue weighted by Crippen LogP contribution is -2.13. The van der Waals surface area contributed by atoms with Gasteiger partial charge in [-0.05, 0) is 68.2 Å². The molecule has 5 aromatic rings. The molecular weight excluding hydrogens is 432 g/mol. The summed E-state index contributed by atoms with van der Waals surface area (Å²) in [5, 5.41) is 6.12. The fourth-order valence-corrected chi connectivity index (χ4v) is 4.57. The summed E-state index contributed by atoms with van der Waals surface area (Å²) in [6, 6.07) is 11.4. The number of hydrogen-bond donors (Lipinski definition) is 1. The third-order valence-electron chi connectivity index (χ3n) is 5.67. The summed E-state index contributed by atoms with van der Waals surface area (Å²) in [5.74, 6) is 0.546. The highest BCUT2D eigenvalue weighted by atomic mass is 32.1. The molecule has 1 unspecified atom stereocenters. The lowest BCUT2D eigenvalue weighted by molar-refractivity contribution is 0.605. The van der Waals surface area contributed by atoms with Gasteiger partial charge in [-0.1, -0.05) is 6.07 Å². The molecule has 4 aromatic heterocycles. The molecule has 0 aliphatic carbocycles. The largest absolute Gasteiger partial charge is 0.455 e. The van der Waals surface area contributed by atoms with Crippen LogP contribution in [0, 0.1) is 13.8 Å². The van der Waals surface area contributed by atoms with Crippen LogP contribution in [-0.4, -0.2) is 14.3 Å². The van der Waals surface area contributed by atoms with Crippen LogP contribution in [0.2, 0.25) is 0 Å². The number of aryl methyl sites for hydroxylation is 1. The second kappa shape index (κ2) is 8.60. The number of rotatable bonds is 5. The van der Waals surface area contributed by atoms with Crippen molar-refractivity contribution in [1.29, 1.82) is 0 Å². The van der Waals surface area contributed by atoms with Gasteiger partial charge in [0.2, 0.25) is 0 Å². The minimum absolute atomic E-state index is 0.0290. The van der Waals surface area contributed by atoms with Gasteiger partial charge in [-0.2, -0.15) is 0 Å². The lowest BCUT2D eigenvalue weighted by atomic mass is 9.99. The predicted octanol–water partition coefficient (Wildman–Crippen LogP) is 6.16. The van der Waals surface area contributed by atoms with Crippen molar-refractivity contribution < 1.29 is 4.42 Å².